The second kappa shape index (κ2) is 6.63. The van der Waals surface area contributed by atoms with Crippen molar-refractivity contribution in [2.24, 2.45) is 0 Å². The Hall–Kier alpha value is -1.99. The summed E-state index contributed by atoms with van der Waals surface area (Å²) in [5.41, 5.74) is 2.35. The van der Waals surface area contributed by atoms with Crippen molar-refractivity contribution in [3.63, 3.8) is 0 Å². The summed E-state index contributed by atoms with van der Waals surface area (Å²) in [5.74, 6) is 1.60. The van der Waals surface area contributed by atoms with Gasteiger partial charge in [0, 0.05) is 37.3 Å². The van der Waals surface area contributed by atoms with Crippen molar-refractivity contribution in [2.75, 3.05) is 13.2 Å². The van der Waals surface area contributed by atoms with Crippen LogP contribution in [0.5, 0.6) is 0 Å². The molecule has 0 amide bonds. The van der Waals surface area contributed by atoms with Crippen LogP contribution in [0.4, 0.5) is 0 Å². The molecule has 7 nitrogen and oxygen atoms in total. The van der Waals surface area contributed by atoms with E-state index in [1.54, 1.807) is 10.7 Å². The quantitative estimate of drug-likeness (QED) is 0.813. The van der Waals surface area contributed by atoms with Gasteiger partial charge in [-0.3, -0.25) is 9.69 Å². The van der Waals surface area contributed by atoms with Gasteiger partial charge in [-0.2, -0.15) is 5.10 Å². The predicted molar refractivity (Wildman–Crippen MR) is 95.8 cm³/mol. The monoisotopic (exact) mass is 355 g/mol. The van der Waals surface area contributed by atoms with Crippen LogP contribution in [0.1, 0.15) is 48.8 Å². The molecule has 4 heterocycles. The van der Waals surface area contributed by atoms with E-state index in [9.17, 15) is 4.79 Å². The number of rotatable bonds is 5. The Labute approximate surface area is 152 Å². The minimum Gasteiger partial charge on any atom is -0.372 e. The van der Waals surface area contributed by atoms with Gasteiger partial charge in [0.25, 0.3) is 5.56 Å². The minimum atomic E-state index is 0.0140. The fourth-order valence-electron chi connectivity index (χ4n) is 4.20. The molecule has 1 unspecified atom stereocenters. The largest absolute Gasteiger partial charge is 0.372 e. The SMILES string of the molecule is O=c1ccc(C2CC2)nn1CC1CCCN1Cc1cnc2n1CCOC2. The number of fused-ring (bicyclic) bond motifs is 1. The van der Waals surface area contributed by atoms with Crippen LogP contribution < -0.4 is 5.56 Å². The van der Waals surface area contributed by atoms with Gasteiger partial charge >= 0.3 is 0 Å². The lowest BCUT2D eigenvalue weighted by atomic mass is 10.2. The van der Waals surface area contributed by atoms with Gasteiger partial charge in [0.1, 0.15) is 12.4 Å². The number of aromatic nitrogens is 4. The first kappa shape index (κ1) is 16.2. The van der Waals surface area contributed by atoms with Crippen LogP contribution in [0, 0.1) is 0 Å². The maximum atomic E-state index is 12.3. The third-order valence-corrected chi connectivity index (χ3v) is 5.84. The zero-order chi connectivity index (χ0) is 17.5. The van der Waals surface area contributed by atoms with Crippen molar-refractivity contribution in [1.29, 1.82) is 0 Å². The van der Waals surface area contributed by atoms with Crippen molar-refractivity contribution in [3.05, 3.63) is 45.9 Å². The summed E-state index contributed by atoms with van der Waals surface area (Å²) in [6.07, 6.45) is 6.68. The van der Waals surface area contributed by atoms with Gasteiger partial charge in [-0.1, -0.05) is 0 Å². The van der Waals surface area contributed by atoms with Crippen LogP contribution in [-0.4, -0.2) is 43.4 Å². The van der Waals surface area contributed by atoms with Crippen molar-refractivity contribution in [2.45, 2.75) is 63.9 Å². The average molecular weight is 355 g/mol. The average Bonchev–Trinajstić information content (AvgIpc) is 3.30. The molecule has 26 heavy (non-hydrogen) atoms. The minimum absolute atomic E-state index is 0.0140. The van der Waals surface area contributed by atoms with Crippen molar-refractivity contribution in [1.82, 2.24) is 24.2 Å². The van der Waals surface area contributed by atoms with Gasteiger partial charge in [0.2, 0.25) is 0 Å². The number of nitrogens with zero attached hydrogens (tertiary/aromatic N) is 5. The molecule has 2 aromatic heterocycles. The molecule has 2 aromatic rings. The van der Waals surface area contributed by atoms with E-state index in [1.165, 1.54) is 25.0 Å². The normalized spacial score (nSPS) is 23.3. The van der Waals surface area contributed by atoms with Crippen LogP contribution in [0.2, 0.25) is 0 Å². The van der Waals surface area contributed by atoms with E-state index in [1.807, 2.05) is 12.3 Å². The highest BCUT2D eigenvalue weighted by molar-refractivity contribution is 5.13. The number of imidazole rings is 1. The topological polar surface area (TPSA) is 65.2 Å². The number of hydrogen-bond acceptors (Lipinski definition) is 5. The van der Waals surface area contributed by atoms with E-state index in [0.717, 1.165) is 44.2 Å². The molecule has 1 saturated heterocycles. The molecule has 0 radical (unpaired) electrons. The van der Waals surface area contributed by atoms with Gasteiger partial charge in [-0.05, 0) is 38.3 Å². The first-order valence-electron chi connectivity index (χ1n) is 9.71. The van der Waals surface area contributed by atoms with Crippen LogP contribution in [0.15, 0.2) is 23.1 Å². The number of ether oxygens (including phenoxy) is 1. The molecule has 7 heteroatoms. The lowest BCUT2D eigenvalue weighted by molar-refractivity contribution is 0.0793. The first-order chi connectivity index (χ1) is 12.8. The molecule has 0 N–H and O–H groups in total. The molecular formula is C19H25N5O2. The summed E-state index contributed by atoms with van der Waals surface area (Å²) in [6, 6.07) is 3.96. The Morgan fingerprint density at radius 1 is 1.19 bits per heavy atom. The Kier molecular flexibility index (Phi) is 4.13. The van der Waals surface area contributed by atoms with E-state index < -0.39 is 0 Å². The van der Waals surface area contributed by atoms with Gasteiger partial charge in [0.15, 0.2) is 0 Å². The molecule has 1 atom stereocenters. The van der Waals surface area contributed by atoms with E-state index in [-0.39, 0.29) is 5.56 Å². The Morgan fingerprint density at radius 2 is 2.12 bits per heavy atom. The van der Waals surface area contributed by atoms with Gasteiger partial charge < -0.3 is 9.30 Å². The third kappa shape index (κ3) is 3.10. The highest BCUT2D eigenvalue weighted by Crippen LogP contribution is 2.38. The molecule has 2 fully saturated rings. The molecule has 0 spiro atoms. The summed E-state index contributed by atoms with van der Waals surface area (Å²) in [4.78, 5) is 19.3. The lowest BCUT2D eigenvalue weighted by Gasteiger charge is -2.26. The molecule has 0 bridgehead atoms. The van der Waals surface area contributed by atoms with E-state index in [0.29, 0.717) is 25.1 Å². The zero-order valence-electron chi connectivity index (χ0n) is 15.0. The fourth-order valence-corrected chi connectivity index (χ4v) is 4.20. The van der Waals surface area contributed by atoms with Gasteiger partial charge in [-0.15, -0.1) is 0 Å². The summed E-state index contributed by atoms with van der Waals surface area (Å²) >= 11 is 0. The maximum Gasteiger partial charge on any atom is 0.266 e. The zero-order valence-corrected chi connectivity index (χ0v) is 15.0. The summed E-state index contributed by atoms with van der Waals surface area (Å²) < 4.78 is 9.46. The molecule has 1 saturated carbocycles. The van der Waals surface area contributed by atoms with Crippen LogP contribution in [0.25, 0.3) is 0 Å². The number of hydrogen-bond donors (Lipinski definition) is 0. The Balaban J connectivity index is 1.32. The van der Waals surface area contributed by atoms with Crippen molar-refractivity contribution >= 4 is 0 Å². The van der Waals surface area contributed by atoms with Gasteiger partial charge in [0.05, 0.1) is 24.5 Å². The molecular weight excluding hydrogens is 330 g/mol. The highest BCUT2D eigenvalue weighted by Gasteiger charge is 2.29. The summed E-state index contributed by atoms with van der Waals surface area (Å²) in [6.45, 7) is 4.88. The van der Waals surface area contributed by atoms with Gasteiger partial charge in [-0.25, -0.2) is 9.67 Å². The molecule has 5 rings (SSSR count). The second-order valence-electron chi connectivity index (χ2n) is 7.69. The molecule has 138 valence electrons. The van der Waals surface area contributed by atoms with E-state index >= 15 is 0 Å². The standard InChI is InChI=1S/C19H25N5O2/c25-19-6-5-17(14-3-4-14)21-24(19)12-15-2-1-7-22(15)11-16-10-20-18-13-26-9-8-23(16)18/h5-6,10,14-15H,1-4,7-9,11-13H2. The van der Waals surface area contributed by atoms with Crippen LogP contribution >= 0.6 is 0 Å². The maximum absolute atomic E-state index is 12.3. The molecule has 1 aliphatic carbocycles. The second-order valence-corrected chi connectivity index (χ2v) is 7.69. The van der Waals surface area contributed by atoms with Crippen molar-refractivity contribution in [3.8, 4) is 0 Å². The van der Waals surface area contributed by atoms with Crippen LogP contribution in [-0.2, 0) is 31.0 Å². The molecule has 2 aliphatic heterocycles. The lowest BCUT2D eigenvalue weighted by Crippen LogP contribution is -2.37. The highest BCUT2D eigenvalue weighted by atomic mass is 16.5. The van der Waals surface area contributed by atoms with Crippen LogP contribution in [0.3, 0.4) is 0 Å². The van der Waals surface area contributed by atoms with E-state index in [4.69, 9.17) is 4.74 Å². The predicted octanol–water partition coefficient (Wildman–Crippen LogP) is 1.51. The number of likely N-dealkylation sites (tertiary alicyclic amines) is 1. The summed E-state index contributed by atoms with van der Waals surface area (Å²) in [7, 11) is 0. The fraction of sp³-hybridized carbons (Fsp3) is 0.632. The smallest absolute Gasteiger partial charge is 0.266 e. The van der Waals surface area contributed by atoms with Crippen molar-refractivity contribution < 1.29 is 4.74 Å². The molecule has 0 aromatic carbocycles. The van der Waals surface area contributed by atoms with E-state index in [2.05, 4.69) is 19.5 Å². The first-order valence-corrected chi connectivity index (χ1v) is 9.71. The third-order valence-electron chi connectivity index (χ3n) is 5.84. The Morgan fingerprint density at radius 3 is 3.00 bits per heavy atom. The Bertz CT molecular complexity index is 854. The molecule has 3 aliphatic rings. The summed E-state index contributed by atoms with van der Waals surface area (Å²) in [5, 5.41) is 4.64.